The molecule has 2 fully saturated rings. The summed E-state index contributed by atoms with van der Waals surface area (Å²) in [5.74, 6) is 1.17. The average Bonchev–Trinajstić information content (AvgIpc) is 2.70. The first-order valence-electron chi connectivity index (χ1n) is 7.53. The van der Waals surface area contributed by atoms with Crippen LogP contribution in [0.15, 0.2) is 34.2 Å². The smallest absolute Gasteiger partial charge is 0.222 e. The van der Waals surface area contributed by atoms with Gasteiger partial charge in [0.2, 0.25) is 9.84 Å². The van der Waals surface area contributed by atoms with Gasteiger partial charge in [0.1, 0.15) is 5.03 Å². The van der Waals surface area contributed by atoms with Crippen LogP contribution in [-0.4, -0.2) is 51.4 Å². The number of nitrogens with zero attached hydrogens (tertiary/aromatic N) is 2. The van der Waals surface area contributed by atoms with Crippen molar-refractivity contribution in [3.63, 3.8) is 0 Å². The van der Waals surface area contributed by atoms with E-state index in [2.05, 4.69) is 16.8 Å². The molecule has 0 saturated carbocycles. The summed E-state index contributed by atoms with van der Waals surface area (Å²) in [7, 11) is -1.15. The van der Waals surface area contributed by atoms with E-state index >= 15 is 0 Å². The molecule has 3 heterocycles. The Bertz CT molecular complexity index is 693. The van der Waals surface area contributed by atoms with Crippen molar-refractivity contribution < 1.29 is 8.42 Å². The minimum atomic E-state index is -3.32. The summed E-state index contributed by atoms with van der Waals surface area (Å²) < 4.78 is 25.5. The van der Waals surface area contributed by atoms with E-state index in [1.807, 2.05) is 18.2 Å². The molecule has 0 aromatic heterocycles. The third kappa shape index (κ3) is 2.10. The minimum Gasteiger partial charge on any atom is -0.361 e. The van der Waals surface area contributed by atoms with Gasteiger partial charge in [-0.25, -0.2) is 8.42 Å². The first kappa shape index (κ1) is 13.3. The molecule has 0 spiro atoms. The maximum absolute atomic E-state index is 12.7. The lowest BCUT2D eigenvalue weighted by Gasteiger charge is -2.45. The number of rotatable bonds is 1. The zero-order valence-electron chi connectivity index (χ0n) is 12.2. The Morgan fingerprint density at radius 1 is 1.05 bits per heavy atom. The highest BCUT2D eigenvalue weighted by molar-refractivity contribution is 7.95. The lowest BCUT2D eigenvalue weighted by atomic mass is 9.85. The van der Waals surface area contributed by atoms with Crippen molar-refractivity contribution in [3.8, 4) is 0 Å². The van der Waals surface area contributed by atoms with Gasteiger partial charge in [-0.2, -0.15) is 0 Å². The van der Waals surface area contributed by atoms with Crippen molar-refractivity contribution in [2.45, 2.75) is 11.3 Å². The summed E-state index contributed by atoms with van der Waals surface area (Å²) >= 11 is 0. The van der Waals surface area contributed by atoms with Crippen molar-refractivity contribution in [2.24, 2.45) is 11.8 Å². The van der Waals surface area contributed by atoms with Crippen molar-refractivity contribution in [1.29, 1.82) is 0 Å². The predicted octanol–water partition coefficient (Wildman–Crippen LogP) is 1.66. The van der Waals surface area contributed by atoms with Gasteiger partial charge in [0.05, 0.1) is 4.90 Å². The van der Waals surface area contributed by atoms with E-state index < -0.39 is 9.84 Å². The summed E-state index contributed by atoms with van der Waals surface area (Å²) in [5, 5.41) is 0.517. The van der Waals surface area contributed by atoms with E-state index in [-0.39, 0.29) is 0 Å². The standard InChI is InChI=1S/C16H20N2O2S/c1-17-8-12-6-13(9-17)11-18(10-12)16-7-14-4-2-3-5-15(14)21(16,19)20/h2-5,7,12-13H,6,8-11H2,1H3. The van der Waals surface area contributed by atoms with Gasteiger partial charge >= 0.3 is 0 Å². The van der Waals surface area contributed by atoms with Gasteiger partial charge in [-0.1, -0.05) is 18.2 Å². The molecule has 1 aromatic carbocycles. The molecule has 3 aliphatic heterocycles. The number of hydrogen-bond acceptors (Lipinski definition) is 4. The number of piperidine rings is 2. The molecule has 4 nitrogen and oxygen atoms in total. The highest BCUT2D eigenvalue weighted by Gasteiger charge is 2.39. The van der Waals surface area contributed by atoms with Gasteiger partial charge < -0.3 is 9.80 Å². The van der Waals surface area contributed by atoms with Gasteiger partial charge in [0.15, 0.2) is 0 Å². The van der Waals surface area contributed by atoms with E-state index in [4.69, 9.17) is 0 Å². The molecule has 2 bridgehead atoms. The van der Waals surface area contributed by atoms with Gasteiger partial charge in [0, 0.05) is 26.2 Å². The van der Waals surface area contributed by atoms with Crippen molar-refractivity contribution in [3.05, 3.63) is 34.9 Å². The largest absolute Gasteiger partial charge is 0.361 e. The molecule has 0 radical (unpaired) electrons. The third-order valence-electron chi connectivity index (χ3n) is 4.84. The third-order valence-corrected chi connectivity index (χ3v) is 6.72. The molecule has 1 aromatic rings. The monoisotopic (exact) mass is 304 g/mol. The summed E-state index contributed by atoms with van der Waals surface area (Å²) in [6.07, 6.45) is 3.09. The number of sulfone groups is 1. The summed E-state index contributed by atoms with van der Waals surface area (Å²) in [5.41, 5.74) is 0.834. The van der Waals surface area contributed by atoms with E-state index in [1.165, 1.54) is 6.42 Å². The van der Waals surface area contributed by atoms with E-state index in [9.17, 15) is 8.42 Å². The van der Waals surface area contributed by atoms with Crippen LogP contribution >= 0.6 is 0 Å². The van der Waals surface area contributed by atoms with Crippen molar-refractivity contribution in [2.75, 3.05) is 33.2 Å². The average molecular weight is 304 g/mol. The van der Waals surface area contributed by atoms with Crippen LogP contribution in [0.5, 0.6) is 0 Å². The molecule has 3 aliphatic rings. The van der Waals surface area contributed by atoms with E-state index in [0.717, 1.165) is 31.7 Å². The molecule has 5 heteroatoms. The molecular formula is C16H20N2O2S. The summed E-state index contributed by atoms with van der Waals surface area (Å²) in [6, 6.07) is 7.30. The van der Waals surface area contributed by atoms with Crippen LogP contribution in [0.4, 0.5) is 0 Å². The van der Waals surface area contributed by atoms with E-state index in [0.29, 0.717) is 21.8 Å². The molecule has 0 N–H and O–H groups in total. The number of likely N-dealkylation sites (tertiary alicyclic amines) is 2. The predicted molar refractivity (Wildman–Crippen MR) is 82.3 cm³/mol. The zero-order chi connectivity index (χ0) is 14.6. The van der Waals surface area contributed by atoms with Crippen molar-refractivity contribution >= 4 is 15.9 Å². The second-order valence-corrected chi connectivity index (χ2v) is 8.48. The Balaban J connectivity index is 1.67. The van der Waals surface area contributed by atoms with Crippen molar-refractivity contribution in [1.82, 2.24) is 9.80 Å². The number of fused-ring (bicyclic) bond motifs is 3. The Kier molecular flexibility index (Phi) is 2.91. The van der Waals surface area contributed by atoms with Crippen LogP contribution in [0.1, 0.15) is 12.0 Å². The Hall–Kier alpha value is -1.33. The second-order valence-electron chi connectivity index (χ2n) is 6.62. The Labute approximate surface area is 126 Å². The minimum absolute atomic E-state index is 0.466. The van der Waals surface area contributed by atoms with Crippen LogP contribution in [-0.2, 0) is 9.84 Å². The first-order valence-corrected chi connectivity index (χ1v) is 9.01. The molecule has 2 saturated heterocycles. The number of benzene rings is 1. The van der Waals surface area contributed by atoms with Gasteiger partial charge in [-0.15, -0.1) is 0 Å². The number of hydrogen-bond donors (Lipinski definition) is 0. The SMILES string of the molecule is CN1CC2CC(C1)CN(C1=Cc3ccccc3S1(=O)=O)C2. The summed E-state index contributed by atoms with van der Waals surface area (Å²) in [4.78, 5) is 4.96. The maximum Gasteiger partial charge on any atom is 0.222 e. The molecule has 0 amide bonds. The second kappa shape index (κ2) is 4.58. The Morgan fingerprint density at radius 2 is 1.71 bits per heavy atom. The highest BCUT2D eigenvalue weighted by atomic mass is 32.2. The lowest BCUT2D eigenvalue weighted by molar-refractivity contribution is 0.0648. The lowest BCUT2D eigenvalue weighted by Crippen LogP contribution is -2.51. The van der Waals surface area contributed by atoms with Crippen LogP contribution < -0.4 is 0 Å². The van der Waals surface area contributed by atoms with Gasteiger partial charge in [0.25, 0.3) is 0 Å². The van der Waals surface area contributed by atoms with Gasteiger partial charge in [-0.3, -0.25) is 0 Å². The molecule has 21 heavy (non-hydrogen) atoms. The molecule has 112 valence electrons. The molecule has 2 unspecified atom stereocenters. The first-order chi connectivity index (χ1) is 10.0. The maximum atomic E-state index is 12.7. The fraction of sp³-hybridized carbons (Fsp3) is 0.500. The Morgan fingerprint density at radius 3 is 2.38 bits per heavy atom. The highest BCUT2D eigenvalue weighted by Crippen LogP contribution is 2.38. The van der Waals surface area contributed by atoms with Crippen LogP contribution in [0.3, 0.4) is 0 Å². The van der Waals surface area contributed by atoms with Crippen LogP contribution in [0, 0.1) is 11.8 Å². The quantitative estimate of drug-likeness (QED) is 0.791. The normalized spacial score (nSPS) is 30.9. The van der Waals surface area contributed by atoms with Crippen LogP contribution in [0.2, 0.25) is 0 Å². The van der Waals surface area contributed by atoms with E-state index in [1.54, 1.807) is 12.1 Å². The topological polar surface area (TPSA) is 40.6 Å². The van der Waals surface area contributed by atoms with Gasteiger partial charge in [-0.05, 0) is 43.0 Å². The molecule has 4 rings (SSSR count). The molecular weight excluding hydrogens is 284 g/mol. The van der Waals surface area contributed by atoms with Crippen LogP contribution in [0.25, 0.3) is 6.08 Å². The fourth-order valence-electron chi connectivity index (χ4n) is 4.15. The molecule has 0 aliphatic carbocycles. The fourth-order valence-corrected chi connectivity index (χ4v) is 5.84. The zero-order valence-corrected chi connectivity index (χ0v) is 13.0. The summed E-state index contributed by atoms with van der Waals surface area (Å²) in [6.45, 7) is 3.88. The molecule has 2 atom stereocenters.